The standard InChI is InChI=1S/C13H17N5O4/c1-19-3-13-4-21-9(13)8(20-2)12(22-13)18-6-17-7-10(14)15-5-16-11(7)18/h5-6,8-9,12H,3-4H2,1-2H3,(H2,14,15,16)/t8-,9?,12+,13+/m0/s1. The van der Waals surface area contributed by atoms with Gasteiger partial charge >= 0.3 is 0 Å². The van der Waals surface area contributed by atoms with E-state index in [4.69, 9.17) is 24.7 Å². The summed E-state index contributed by atoms with van der Waals surface area (Å²) in [6, 6.07) is 0. The van der Waals surface area contributed by atoms with E-state index < -0.39 is 11.8 Å². The molecule has 2 saturated heterocycles. The van der Waals surface area contributed by atoms with Crippen molar-refractivity contribution in [2.24, 2.45) is 0 Å². The third kappa shape index (κ3) is 1.70. The second-order valence-electron chi connectivity index (χ2n) is 5.52. The Morgan fingerprint density at radius 1 is 1.41 bits per heavy atom. The van der Waals surface area contributed by atoms with E-state index in [0.717, 1.165) is 0 Å². The zero-order chi connectivity index (χ0) is 15.3. The minimum atomic E-state index is -0.491. The predicted octanol–water partition coefficient (Wildman–Crippen LogP) is -0.264. The third-order valence-electron chi connectivity index (χ3n) is 4.28. The van der Waals surface area contributed by atoms with Gasteiger partial charge in [0.25, 0.3) is 0 Å². The van der Waals surface area contributed by atoms with Crippen LogP contribution in [0.15, 0.2) is 12.7 Å². The number of fused-ring (bicyclic) bond motifs is 2. The number of nitrogens with zero attached hydrogens (tertiary/aromatic N) is 4. The first-order valence-corrected chi connectivity index (χ1v) is 6.94. The van der Waals surface area contributed by atoms with Crippen molar-refractivity contribution in [3.05, 3.63) is 12.7 Å². The summed E-state index contributed by atoms with van der Waals surface area (Å²) in [6.45, 7) is 0.920. The number of anilines is 1. The van der Waals surface area contributed by atoms with Gasteiger partial charge in [-0.05, 0) is 0 Å². The van der Waals surface area contributed by atoms with Gasteiger partial charge in [0.05, 0.1) is 19.5 Å². The van der Waals surface area contributed by atoms with E-state index in [-0.39, 0.29) is 12.2 Å². The Morgan fingerprint density at radius 2 is 2.27 bits per heavy atom. The van der Waals surface area contributed by atoms with Crippen LogP contribution in [0.2, 0.25) is 0 Å². The predicted molar refractivity (Wildman–Crippen MR) is 75.0 cm³/mol. The summed E-state index contributed by atoms with van der Waals surface area (Å²) in [7, 11) is 3.28. The first-order valence-electron chi connectivity index (χ1n) is 6.94. The fourth-order valence-electron chi connectivity index (χ4n) is 3.23. The van der Waals surface area contributed by atoms with Gasteiger partial charge in [-0.15, -0.1) is 0 Å². The summed E-state index contributed by atoms with van der Waals surface area (Å²) in [5.74, 6) is 0.335. The van der Waals surface area contributed by atoms with Gasteiger partial charge in [-0.1, -0.05) is 0 Å². The van der Waals surface area contributed by atoms with Gasteiger partial charge in [-0.25, -0.2) is 15.0 Å². The number of aromatic nitrogens is 4. The van der Waals surface area contributed by atoms with Gasteiger partial charge in [0.1, 0.15) is 29.7 Å². The zero-order valence-corrected chi connectivity index (χ0v) is 12.3. The molecule has 1 unspecified atom stereocenters. The highest BCUT2D eigenvalue weighted by molar-refractivity contribution is 5.81. The largest absolute Gasteiger partial charge is 0.382 e. The molecule has 2 aromatic rings. The van der Waals surface area contributed by atoms with E-state index in [1.54, 1.807) is 25.1 Å². The molecule has 0 aliphatic carbocycles. The van der Waals surface area contributed by atoms with E-state index >= 15 is 0 Å². The van der Waals surface area contributed by atoms with Crippen LogP contribution in [0.3, 0.4) is 0 Å². The zero-order valence-electron chi connectivity index (χ0n) is 12.3. The second kappa shape index (κ2) is 4.85. The van der Waals surface area contributed by atoms with Crippen molar-refractivity contribution in [3.63, 3.8) is 0 Å². The van der Waals surface area contributed by atoms with E-state index in [1.807, 2.05) is 0 Å². The van der Waals surface area contributed by atoms with Crippen LogP contribution >= 0.6 is 0 Å². The second-order valence-corrected chi connectivity index (χ2v) is 5.52. The van der Waals surface area contributed by atoms with Crippen LogP contribution in [0.25, 0.3) is 11.2 Å². The van der Waals surface area contributed by atoms with Crippen molar-refractivity contribution >= 4 is 17.0 Å². The van der Waals surface area contributed by atoms with Crippen LogP contribution < -0.4 is 5.73 Å². The summed E-state index contributed by atoms with van der Waals surface area (Å²) < 4.78 is 24.6. The Labute approximate surface area is 126 Å². The molecule has 22 heavy (non-hydrogen) atoms. The van der Waals surface area contributed by atoms with Crippen LogP contribution in [0, 0.1) is 0 Å². The van der Waals surface area contributed by atoms with Crippen LogP contribution in [-0.2, 0) is 18.9 Å². The lowest BCUT2D eigenvalue weighted by atomic mass is 9.91. The van der Waals surface area contributed by atoms with Gasteiger partial charge < -0.3 is 24.7 Å². The number of rotatable bonds is 4. The minimum absolute atomic E-state index is 0.181. The molecule has 0 radical (unpaired) electrons. The summed E-state index contributed by atoms with van der Waals surface area (Å²) >= 11 is 0. The first kappa shape index (κ1) is 13.8. The van der Waals surface area contributed by atoms with E-state index in [2.05, 4.69) is 15.0 Å². The molecule has 4 atom stereocenters. The fourth-order valence-corrected chi connectivity index (χ4v) is 3.23. The molecule has 9 nitrogen and oxygen atoms in total. The van der Waals surface area contributed by atoms with Crippen molar-refractivity contribution in [3.8, 4) is 0 Å². The van der Waals surface area contributed by atoms with Crippen LogP contribution in [0.4, 0.5) is 5.82 Å². The summed E-state index contributed by atoms with van der Waals surface area (Å²) in [5, 5.41) is 0. The van der Waals surface area contributed by atoms with Crippen molar-refractivity contribution < 1.29 is 18.9 Å². The van der Waals surface area contributed by atoms with Crippen LogP contribution in [0.1, 0.15) is 6.23 Å². The smallest absolute Gasteiger partial charge is 0.167 e. The molecule has 4 heterocycles. The van der Waals surface area contributed by atoms with Gasteiger partial charge in [-0.2, -0.15) is 0 Å². The summed E-state index contributed by atoms with van der Waals surface area (Å²) in [5.41, 5.74) is 6.49. The van der Waals surface area contributed by atoms with E-state index in [9.17, 15) is 0 Å². The van der Waals surface area contributed by atoms with Crippen molar-refractivity contribution in [2.45, 2.75) is 24.0 Å². The van der Waals surface area contributed by atoms with Crippen LogP contribution in [0.5, 0.6) is 0 Å². The number of methoxy groups -OCH3 is 2. The van der Waals surface area contributed by atoms with Gasteiger partial charge in [0.2, 0.25) is 0 Å². The normalized spacial score (nSPS) is 33.8. The molecule has 0 aromatic carbocycles. The molecule has 2 fully saturated rings. The number of imidazole rings is 1. The molecule has 0 spiro atoms. The summed E-state index contributed by atoms with van der Waals surface area (Å²) in [6.07, 6.45) is 2.17. The molecule has 0 amide bonds. The molecule has 2 aliphatic heterocycles. The highest BCUT2D eigenvalue weighted by atomic mass is 16.7. The monoisotopic (exact) mass is 307 g/mol. The molecule has 0 saturated carbocycles. The lowest BCUT2D eigenvalue weighted by Gasteiger charge is -2.43. The van der Waals surface area contributed by atoms with E-state index in [1.165, 1.54) is 6.33 Å². The Hall–Kier alpha value is -1.81. The van der Waals surface area contributed by atoms with Gasteiger partial charge in [-0.3, -0.25) is 4.57 Å². The maximum Gasteiger partial charge on any atom is 0.167 e. The quantitative estimate of drug-likeness (QED) is 0.823. The topological polar surface area (TPSA) is 107 Å². The molecule has 0 bridgehead atoms. The molecule has 2 aliphatic rings. The van der Waals surface area contributed by atoms with E-state index in [0.29, 0.717) is 30.2 Å². The van der Waals surface area contributed by atoms with Crippen molar-refractivity contribution in [1.82, 2.24) is 19.5 Å². The number of hydrogen-bond acceptors (Lipinski definition) is 8. The number of hydrogen-bond donors (Lipinski definition) is 1. The molecule has 2 aromatic heterocycles. The molecule has 9 heteroatoms. The molecule has 4 rings (SSSR count). The van der Waals surface area contributed by atoms with Crippen molar-refractivity contribution in [1.29, 1.82) is 0 Å². The first-order chi connectivity index (χ1) is 10.7. The third-order valence-corrected chi connectivity index (χ3v) is 4.28. The number of ether oxygens (including phenoxy) is 4. The molecular weight excluding hydrogens is 290 g/mol. The Balaban J connectivity index is 1.76. The highest BCUT2D eigenvalue weighted by Gasteiger charge is 2.63. The maximum absolute atomic E-state index is 6.23. The Bertz CT molecular complexity index is 707. The molecular formula is C13H17N5O4. The molecule has 2 N–H and O–H groups in total. The lowest BCUT2D eigenvalue weighted by Crippen LogP contribution is -2.61. The number of nitrogen functional groups attached to an aromatic ring is 1. The fraction of sp³-hybridized carbons (Fsp3) is 0.615. The minimum Gasteiger partial charge on any atom is -0.382 e. The van der Waals surface area contributed by atoms with Gasteiger partial charge in [0, 0.05) is 14.2 Å². The highest BCUT2D eigenvalue weighted by Crippen LogP contribution is 2.47. The average molecular weight is 307 g/mol. The van der Waals surface area contributed by atoms with Crippen molar-refractivity contribution in [2.75, 3.05) is 33.2 Å². The SMILES string of the molecule is COC[C@@]12COC1[C@H](OC)[C@H](n1cnc3c(N)ncnc31)O2. The lowest BCUT2D eigenvalue weighted by molar-refractivity contribution is -0.250. The maximum atomic E-state index is 6.23. The average Bonchev–Trinajstić information content (AvgIpc) is 3.01. The summed E-state index contributed by atoms with van der Waals surface area (Å²) in [4.78, 5) is 12.5. The Kier molecular flexibility index (Phi) is 3.05. The van der Waals surface area contributed by atoms with Crippen LogP contribution in [-0.4, -0.2) is 64.8 Å². The van der Waals surface area contributed by atoms with Gasteiger partial charge in [0.15, 0.2) is 17.7 Å². The number of nitrogens with two attached hydrogens (primary N) is 1. The molecule has 118 valence electrons. The Morgan fingerprint density at radius 3 is 2.95 bits per heavy atom.